The second-order valence-electron chi connectivity index (χ2n) is 4.53. The van der Waals surface area contributed by atoms with Crippen molar-refractivity contribution < 1.29 is 9.90 Å². The number of aryl methyl sites for hydroxylation is 1. The van der Waals surface area contributed by atoms with Crippen LogP contribution in [0.3, 0.4) is 0 Å². The summed E-state index contributed by atoms with van der Waals surface area (Å²) in [4.78, 5) is 17.1. The lowest BCUT2D eigenvalue weighted by atomic mass is 10.1. The number of hydrogen-bond acceptors (Lipinski definition) is 4. The number of hydrogen-bond donors (Lipinski definition) is 2. The van der Waals surface area contributed by atoms with Gasteiger partial charge in [0.05, 0.1) is 0 Å². The zero-order valence-corrected chi connectivity index (χ0v) is 17.1. The molecule has 0 aliphatic carbocycles. The highest BCUT2D eigenvalue weighted by atomic mass is 35.5. The van der Waals surface area contributed by atoms with Crippen LogP contribution in [0, 0.1) is 6.92 Å². The molecule has 0 aliphatic heterocycles. The third-order valence-corrected chi connectivity index (χ3v) is 4.61. The molecule has 1 aromatic rings. The van der Waals surface area contributed by atoms with Gasteiger partial charge in [-0.1, -0.05) is 42.1 Å². The van der Waals surface area contributed by atoms with Gasteiger partial charge in [-0.05, 0) is 50.1 Å². The highest BCUT2D eigenvalue weighted by molar-refractivity contribution is 8.02. The fourth-order valence-electron chi connectivity index (χ4n) is 1.69. The van der Waals surface area contributed by atoms with Crippen LogP contribution in [-0.2, 0) is 4.79 Å². The van der Waals surface area contributed by atoms with Gasteiger partial charge in [-0.15, -0.1) is 11.8 Å². The molecule has 1 heterocycles. The van der Waals surface area contributed by atoms with E-state index in [0.29, 0.717) is 5.02 Å². The van der Waals surface area contributed by atoms with Gasteiger partial charge in [0.2, 0.25) is 0 Å². The highest BCUT2D eigenvalue weighted by Crippen LogP contribution is 2.24. The molecule has 0 fully saturated rings. The standard InChI is InChI=1S/C17H21ClN2S2.CH2O2/c1-6-14(21-4)8-7-12(2)15-11-13(3)20-17(22-5)19-10-9-16(15)18;2-1-3/h6-11H,2H2,1,3-5H3,(H,19,20);1H,(H,2,3)/b8-7-,10-9?,13-11?,14-6+,16-15?;. The summed E-state index contributed by atoms with van der Waals surface area (Å²) in [6, 6.07) is 3.78. The average Bonchev–Trinajstić information content (AvgIpc) is 2.66. The Morgan fingerprint density at radius 1 is 1.40 bits per heavy atom. The van der Waals surface area contributed by atoms with E-state index in [-0.39, 0.29) is 6.47 Å². The summed E-state index contributed by atoms with van der Waals surface area (Å²) < 4.78 is 0. The lowest BCUT2D eigenvalue weighted by Gasteiger charge is -2.02. The second kappa shape index (κ2) is 13.6. The molecular formula is C18H23ClN2O2S2. The van der Waals surface area contributed by atoms with Gasteiger partial charge in [0.15, 0.2) is 5.16 Å². The molecule has 0 bridgehead atoms. The minimum absolute atomic E-state index is 0.250. The van der Waals surface area contributed by atoms with Crippen molar-refractivity contribution in [1.82, 2.24) is 9.97 Å². The maximum Gasteiger partial charge on any atom is 0.290 e. The van der Waals surface area contributed by atoms with E-state index in [4.69, 9.17) is 21.5 Å². The van der Waals surface area contributed by atoms with Crippen molar-refractivity contribution in [2.45, 2.75) is 19.0 Å². The molecule has 0 saturated carbocycles. The van der Waals surface area contributed by atoms with Crippen molar-refractivity contribution in [3.63, 3.8) is 0 Å². The van der Waals surface area contributed by atoms with E-state index in [9.17, 15) is 0 Å². The molecule has 0 unspecified atom stereocenters. The Bertz CT molecular complexity index is 696. The van der Waals surface area contributed by atoms with Crippen molar-refractivity contribution in [3.05, 3.63) is 64.3 Å². The number of allylic oxidation sites excluding steroid dienone is 4. The first-order valence-corrected chi connectivity index (χ1v) is 10.0. The van der Waals surface area contributed by atoms with E-state index in [1.54, 1.807) is 35.8 Å². The SMILES string of the molecule is C=C(/C=C\C(=C/C)SC)c1cc(C)[nH]c(SC)nccc1Cl.O=CO. The molecule has 2 N–H and O–H groups in total. The number of halogens is 1. The van der Waals surface area contributed by atoms with Crippen LogP contribution in [-0.4, -0.2) is 34.1 Å². The van der Waals surface area contributed by atoms with Gasteiger partial charge < -0.3 is 10.1 Å². The van der Waals surface area contributed by atoms with Gasteiger partial charge in [0.25, 0.3) is 6.47 Å². The summed E-state index contributed by atoms with van der Waals surface area (Å²) in [6.45, 7) is 7.88. The van der Waals surface area contributed by atoms with Crippen molar-refractivity contribution in [1.29, 1.82) is 0 Å². The number of carboxylic acid groups (broad SMARTS) is 1. The van der Waals surface area contributed by atoms with Crippen molar-refractivity contribution in [3.8, 4) is 0 Å². The summed E-state index contributed by atoms with van der Waals surface area (Å²) >= 11 is 9.64. The lowest BCUT2D eigenvalue weighted by molar-refractivity contribution is -0.122. The summed E-state index contributed by atoms with van der Waals surface area (Å²) in [7, 11) is 0. The van der Waals surface area contributed by atoms with Crippen LogP contribution in [0.5, 0.6) is 0 Å². The maximum atomic E-state index is 8.36. The monoisotopic (exact) mass is 398 g/mol. The molecule has 136 valence electrons. The molecule has 25 heavy (non-hydrogen) atoms. The third-order valence-electron chi connectivity index (χ3n) is 2.84. The lowest BCUT2D eigenvalue weighted by Crippen LogP contribution is -1.84. The van der Waals surface area contributed by atoms with Crippen LogP contribution >= 0.6 is 35.1 Å². The topological polar surface area (TPSA) is 66.0 Å². The molecular weight excluding hydrogens is 376 g/mol. The molecule has 0 atom stereocenters. The second-order valence-corrected chi connectivity index (χ2v) is 6.61. The van der Waals surface area contributed by atoms with Crippen LogP contribution in [0.15, 0.2) is 53.2 Å². The van der Waals surface area contributed by atoms with E-state index < -0.39 is 0 Å². The average molecular weight is 399 g/mol. The predicted molar refractivity (Wildman–Crippen MR) is 112 cm³/mol. The molecule has 0 saturated heterocycles. The first-order valence-electron chi connectivity index (χ1n) is 7.22. The number of thioether (sulfide) groups is 2. The number of nitrogens with zero attached hydrogens (tertiary/aromatic N) is 1. The Kier molecular flexibility index (Phi) is 12.7. The van der Waals surface area contributed by atoms with Gasteiger partial charge in [0.1, 0.15) is 0 Å². The fraction of sp³-hybridized carbons (Fsp3) is 0.222. The maximum absolute atomic E-state index is 8.36. The van der Waals surface area contributed by atoms with Crippen LogP contribution in [0.25, 0.3) is 5.57 Å². The van der Waals surface area contributed by atoms with Crippen LogP contribution < -0.4 is 0 Å². The Balaban J connectivity index is 0.00000178. The molecule has 1 rings (SSSR count). The molecule has 1 aromatic heterocycles. The fourth-order valence-corrected chi connectivity index (χ4v) is 2.79. The van der Waals surface area contributed by atoms with Crippen LogP contribution in [0.1, 0.15) is 18.2 Å². The smallest absolute Gasteiger partial charge is 0.290 e. The first-order chi connectivity index (χ1) is 11.9. The molecule has 0 spiro atoms. The van der Waals surface area contributed by atoms with Crippen molar-refractivity contribution in [2.75, 3.05) is 12.5 Å². The molecule has 0 amide bonds. The quantitative estimate of drug-likeness (QED) is 0.375. The number of rotatable bonds is 5. The predicted octanol–water partition coefficient (Wildman–Crippen LogP) is 5.75. The normalized spacial score (nSPS) is 10.7. The Morgan fingerprint density at radius 2 is 2.04 bits per heavy atom. The van der Waals surface area contributed by atoms with Gasteiger partial charge in [-0.25, -0.2) is 4.98 Å². The summed E-state index contributed by atoms with van der Waals surface area (Å²) in [5.74, 6) is 0. The number of nitrogens with one attached hydrogen (secondary N) is 1. The van der Waals surface area contributed by atoms with Gasteiger partial charge in [-0.2, -0.15) is 0 Å². The minimum atomic E-state index is -0.250. The zero-order chi connectivity index (χ0) is 19.2. The van der Waals surface area contributed by atoms with Gasteiger partial charge >= 0.3 is 0 Å². The van der Waals surface area contributed by atoms with Gasteiger partial charge in [-0.3, -0.25) is 4.79 Å². The number of H-pyrrole nitrogens is 1. The largest absolute Gasteiger partial charge is 0.483 e. The Hall–Kier alpha value is -1.63. The number of aromatic nitrogens is 2. The Morgan fingerprint density at radius 3 is 2.56 bits per heavy atom. The minimum Gasteiger partial charge on any atom is -0.483 e. The van der Waals surface area contributed by atoms with Gasteiger partial charge in [0, 0.05) is 27.4 Å². The summed E-state index contributed by atoms with van der Waals surface area (Å²) in [6.07, 6.45) is 11.8. The van der Waals surface area contributed by atoms with Crippen molar-refractivity contribution >= 4 is 47.2 Å². The van der Waals surface area contributed by atoms with Crippen LogP contribution in [0.4, 0.5) is 0 Å². The Labute approximate surface area is 162 Å². The number of carbonyl (C=O) groups is 1. The van der Waals surface area contributed by atoms with E-state index >= 15 is 0 Å². The zero-order valence-electron chi connectivity index (χ0n) is 14.7. The van der Waals surface area contributed by atoms with E-state index in [2.05, 4.69) is 22.6 Å². The third kappa shape index (κ3) is 9.43. The summed E-state index contributed by atoms with van der Waals surface area (Å²) in [5.41, 5.74) is 2.71. The van der Waals surface area contributed by atoms with E-state index in [0.717, 1.165) is 22.0 Å². The molecule has 0 radical (unpaired) electrons. The molecule has 4 nitrogen and oxygen atoms in total. The summed E-state index contributed by atoms with van der Waals surface area (Å²) in [5, 5.41) is 8.34. The number of aromatic amines is 1. The highest BCUT2D eigenvalue weighted by Gasteiger charge is 2.01. The molecule has 7 heteroatoms. The first kappa shape index (κ1) is 23.4. The van der Waals surface area contributed by atoms with E-state index in [1.807, 2.05) is 44.6 Å². The molecule has 0 aliphatic rings. The van der Waals surface area contributed by atoms with E-state index in [1.165, 1.54) is 4.91 Å². The van der Waals surface area contributed by atoms with Crippen molar-refractivity contribution in [2.24, 2.45) is 0 Å². The molecule has 0 aromatic carbocycles. The van der Waals surface area contributed by atoms with Crippen LogP contribution in [0.2, 0.25) is 5.02 Å².